The van der Waals surface area contributed by atoms with Crippen LogP contribution >= 0.6 is 0 Å². The van der Waals surface area contributed by atoms with Gasteiger partial charge in [-0.2, -0.15) is 0 Å². The van der Waals surface area contributed by atoms with Gasteiger partial charge in [-0.1, -0.05) is 6.42 Å². The van der Waals surface area contributed by atoms with Crippen molar-refractivity contribution in [3.05, 3.63) is 0 Å². The highest BCUT2D eigenvalue weighted by Crippen LogP contribution is 2.35. The van der Waals surface area contributed by atoms with E-state index in [-0.39, 0.29) is 42.7 Å². The number of rotatable bonds is 4. The molecule has 2 unspecified atom stereocenters. The Bertz CT molecular complexity index is 486. The van der Waals surface area contributed by atoms with Gasteiger partial charge in [0.1, 0.15) is 5.60 Å². The van der Waals surface area contributed by atoms with E-state index in [9.17, 15) is 14.4 Å². The Morgan fingerprint density at radius 1 is 1.12 bits per heavy atom. The fourth-order valence-electron chi connectivity index (χ4n) is 3.63. The van der Waals surface area contributed by atoms with E-state index in [4.69, 9.17) is 9.84 Å². The highest BCUT2D eigenvalue weighted by Gasteiger charge is 2.42. The van der Waals surface area contributed by atoms with Crippen LogP contribution in [0.25, 0.3) is 0 Å². The van der Waals surface area contributed by atoms with Crippen LogP contribution in [0.2, 0.25) is 0 Å². The topological polar surface area (TPSA) is 95.9 Å². The van der Waals surface area contributed by atoms with Crippen LogP contribution in [0.15, 0.2) is 0 Å². The highest BCUT2D eigenvalue weighted by molar-refractivity contribution is 5.80. The first-order chi connectivity index (χ1) is 11.2. The van der Waals surface area contributed by atoms with Crippen LogP contribution < -0.4 is 5.32 Å². The number of amides is 2. The van der Waals surface area contributed by atoms with E-state index < -0.39 is 11.6 Å². The summed E-state index contributed by atoms with van der Waals surface area (Å²) < 4.78 is 5.46. The number of nitrogens with one attached hydrogen (secondary N) is 1. The van der Waals surface area contributed by atoms with E-state index in [1.807, 2.05) is 20.8 Å². The molecular weight excluding hydrogens is 312 g/mol. The van der Waals surface area contributed by atoms with Crippen LogP contribution in [-0.4, -0.2) is 52.7 Å². The van der Waals surface area contributed by atoms with Crippen molar-refractivity contribution >= 4 is 18.0 Å². The number of carbonyl (C=O) groups is 3. The summed E-state index contributed by atoms with van der Waals surface area (Å²) in [6.07, 6.45) is 2.56. The van der Waals surface area contributed by atoms with Gasteiger partial charge in [0.15, 0.2) is 0 Å². The largest absolute Gasteiger partial charge is 0.481 e. The Morgan fingerprint density at radius 3 is 2.21 bits per heavy atom. The van der Waals surface area contributed by atoms with Crippen LogP contribution in [0.1, 0.15) is 52.9 Å². The zero-order valence-electron chi connectivity index (χ0n) is 14.7. The van der Waals surface area contributed by atoms with Gasteiger partial charge in [0.25, 0.3) is 0 Å². The van der Waals surface area contributed by atoms with Crippen LogP contribution in [-0.2, 0) is 14.3 Å². The molecule has 1 aliphatic heterocycles. The van der Waals surface area contributed by atoms with Crippen molar-refractivity contribution < 1.29 is 24.2 Å². The predicted molar refractivity (Wildman–Crippen MR) is 87.4 cm³/mol. The summed E-state index contributed by atoms with van der Waals surface area (Å²) in [5.74, 6) is -0.771. The first-order valence-corrected chi connectivity index (χ1v) is 8.65. The Morgan fingerprint density at radius 2 is 1.71 bits per heavy atom. The van der Waals surface area contributed by atoms with E-state index in [0.717, 1.165) is 19.3 Å². The van der Waals surface area contributed by atoms with Gasteiger partial charge in [-0.05, 0) is 45.4 Å². The minimum Gasteiger partial charge on any atom is -0.481 e. The lowest BCUT2D eigenvalue weighted by Crippen LogP contribution is -2.59. The molecule has 0 aromatic carbocycles. The maximum absolute atomic E-state index is 12.3. The third-order valence-corrected chi connectivity index (χ3v) is 4.62. The van der Waals surface area contributed by atoms with Crippen molar-refractivity contribution in [2.45, 2.75) is 64.5 Å². The zero-order valence-corrected chi connectivity index (χ0v) is 14.7. The minimum absolute atomic E-state index is 0.00105. The molecule has 0 aromatic heterocycles. The molecule has 2 rings (SSSR count). The number of likely N-dealkylation sites (tertiary alicyclic amines) is 1. The lowest BCUT2D eigenvalue weighted by Gasteiger charge is -2.47. The number of piperidine rings is 1. The van der Waals surface area contributed by atoms with Gasteiger partial charge in [-0.3, -0.25) is 9.59 Å². The van der Waals surface area contributed by atoms with Gasteiger partial charge in [-0.15, -0.1) is 0 Å². The maximum Gasteiger partial charge on any atom is 0.410 e. The van der Waals surface area contributed by atoms with Crippen molar-refractivity contribution in [1.82, 2.24) is 10.2 Å². The summed E-state index contributed by atoms with van der Waals surface area (Å²) in [4.78, 5) is 36.6. The Balaban J connectivity index is 1.94. The van der Waals surface area contributed by atoms with Crippen molar-refractivity contribution in [1.29, 1.82) is 0 Å². The van der Waals surface area contributed by atoms with Gasteiger partial charge >= 0.3 is 12.1 Å². The summed E-state index contributed by atoms with van der Waals surface area (Å²) in [6, 6.07) is 0.0266. The average Bonchev–Trinajstić information content (AvgIpc) is 2.42. The van der Waals surface area contributed by atoms with E-state index in [0.29, 0.717) is 13.1 Å². The van der Waals surface area contributed by atoms with Crippen LogP contribution in [0, 0.1) is 11.8 Å². The number of carbonyl (C=O) groups excluding carboxylic acids is 2. The summed E-state index contributed by atoms with van der Waals surface area (Å²) in [5, 5.41) is 11.7. The number of nitrogens with zero attached hydrogens (tertiary/aromatic N) is 1. The molecule has 2 aliphatic rings. The lowest BCUT2D eigenvalue weighted by molar-refractivity contribution is -0.139. The monoisotopic (exact) mass is 340 g/mol. The second-order valence-corrected chi connectivity index (χ2v) is 7.82. The summed E-state index contributed by atoms with van der Waals surface area (Å²) in [5.41, 5.74) is -0.520. The molecule has 2 bridgehead atoms. The number of carboxylic acid groups (broad SMARTS) is 1. The van der Waals surface area contributed by atoms with Crippen LogP contribution in [0.3, 0.4) is 0 Å². The number of hydrogen-bond donors (Lipinski definition) is 2. The predicted octanol–water partition coefficient (Wildman–Crippen LogP) is 2.00. The second-order valence-electron chi connectivity index (χ2n) is 7.82. The SMILES string of the molecule is CC(C)(C)OC(=O)N1CC2CCCC(C1)C2NC(=O)CCC(=O)O. The Hall–Kier alpha value is -1.79. The molecule has 24 heavy (non-hydrogen) atoms. The molecule has 2 fully saturated rings. The summed E-state index contributed by atoms with van der Waals surface area (Å²) in [6.45, 7) is 6.70. The Kier molecular flexibility index (Phi) is 5.72. The highest BCUT2D eigenvalue weighted by atomic mass is 16.6. The zero-order chi connectivity index (χ0) is 17.9. The molecule has 2 atom stereocenters. The molecule has 7 nitrogen and oxygen atoms in total. The van der Waals surface area contributed by atoms with Gasteiger partial charge in [0.2, 0.25) is 5.91 Å². The van der Waals surface area contributed by atoms with E-state index in [1.54, 1.807) is 4.90 Å². The van der Waals surface area contributed by atoms with Gasteiger partial charge in [-0.25, -0.2) is 4.79 Å². The normalized spacial score (nSPS) is 26.6. The van der Waals surface area contributed by atoms with Crippen LogP contribution in [0.4, 0.5) is 4.79 Å². The molecule has 136 valence electrons. The maximum atomic E-state index is 12.3. The number of carboxylic acids is 1. The van der Waals surface area contributed by atoms with Crippen LogP contribution in [0.5, 0.6) is 0 Å². The molecule has 2 amide bonds. The fraction of sp³-hybridized carbons (Fsp3) is 0.824. The summed E-state index contributed by atoms with van der Waals surface area (Å²) >= 11 is 0. The molecule has 1 saturated carbocycles. The number of aliphatic carboxylic acids is 1. The first-order valence-electron chi connectivity index (χ1n) is 8.65. The molecule has 2 N–H and O–H groups in total. The van der Waals surface area contributed by atoms with Crippen molar-refractivity contribution in [2.24, 2.45) is 11.8 Å². The molecule has 0 aromatic rings. The van der Waals surface area contributed by atoms with Crippen molar-refractivity contribution in [3.63, 3.8) is 0 Å². The van der Waals surface area contributed by atoms with E-state index in [2.05, 4.69) is 5.32 Å². The number of ether oxygens (including phenoxy) is 1. The molecule has 1 heterocycles. The van der Waals surface area contributed by atoms with Crippen molar-refractivity contribution in [3.8, 4) is 0 Å². The summed E-state index contributed by atoms with van der Waals surface area (Å²) in [7, 11) is 0. The van der Waals surface area contributed by atoms with Gasteiger partial charge in [0.05, 0.1) is 6.42 Å². The molecule has 0 radical (unpaired) electrons. The molecular formula is C17H28N2O5. The second kappa shape index (κ2) is 7.40. The fourth-order valence-corrected chi connectivity index (χ4v) is 3.63. The van der Waals surface area contributed by atoms with E-state index in [1.165, 1.54) is 0 Å². The number of hydrogen-bond acceptors (Lipinski definition) is 4. The van der Waals surface area contributed by atoms with E-state index >= 15 is 0 Å². The molecule has 1 saturated heterocycles. The van der Waals surface area contributed by atoms with Crippen molar-refractivity contribution in [2.75, 3.05) is 13.1 Å². The van der Waals surface area contributed by atoms with Gasteiger partial charge in [0, 0.05) is 25.6 Å². The average molecular weight is 340 g/mol. The number of fused-ring (bicyclic) bond motifs is 2. The third kappa shape index (κ3) is 5.11. The van der Waals surface area contributed by atoms with Gasteiger partial charge < -0.3 is 20.1 Å². The lowest BCUT2D eigenvalue weighted by atomic mass is 9.73. The standard InChI is InChI=1S/C17H28N2O5/c1-17(2,3)24-16(23)19-9-11-5-4-6-12(10-19)15(11)18-13(20)7-8-14(21)22/h11-12,15H,4-10H2,1-3H3,(H,18,20)(H,21,22). The Labute approximate surface area is 142 Å². The molecule has 0 spiro atoms. The smallest absolute Gasteiger partial charge is 0.410 e. The molecule has 1 aliphatic carbocycles. The third-order valence-electron chi connectivity index (χ3n) is 4.62. The quantitative estimate of drug-likeness (QED) is 0.816. The minimum atomic E-state index is -0.968. The first kappa shape index (κ1) is 18.5. The molecule has 7 heteroatoms.